The Morgan fingerprint density at radius 1 is 0.286 bits per heavy atom. The molecule has 0 aliphatic heterocycles. The number of tetrazole rings is 6. The summed E-state index contributed by atoms with van der Waals surface area (Å²) in [6.45, 7) is 28.3. The van der Waals surface area contributed by atoms with Crippen LogP contribution >= 0.6 is 27.5 Å². The Balaban J connectivity index is 0.000000139. The third kappa shape index (κ3) is 25.4. The van der Waals surface area contributed by atoms with E-state index in [9.17, 15) is 55.1 Å². The third-order valence-electron chi connectivity index (χ3n) is 24.0. The van der Waals surface area contributed by atoms with Gasteiger partial charge >= 0.3 is 34.1 Å². The zero-order valence-electron chi connectivity index (χ0n) is 82.2. The number of H-pyrrole nitrogens is 6. The molecule has 0 atom stereocenters. The van der Waals surface area contributed by atoms with E-state index < -0.39 is 34.1 Å². The first-order valence-corrected chi connectivity index (χ1v) is 47.0. The first-order chi connectivity index (χ1) is 70.4. The summed E-state index contributed by atoms with van der Waals surface area (Å²) < 4.78 is 125. The summed E-state index contributed by atoms with van der Waals surface area (Å²) >= 11 is 9.68. The summed E-state index contributed by atoms with van der Waals surface area (Å²) in [5, 5.41) is 57.7. The van der Waals surface area contributed by atoms with Crippen LogP contribution in [-0.2, 0) is 46.1 Å². The lowest BCUT2D eigenvalue weighted by Gasteiger charge is -2.16. The zero-order chi connectivity index (χ0) is 105. The summed E-state index contributed by atoms with van der Waals surface area (Å²) in [6, 6.07) is 51.5. The number of aromatic nitrogens is 24. The van der Waals surface area contributed by atoms with E-state index >= 15 is 0 Å². The molecule has 1 aliphatic carbocycles. The van der Waals surface area contributed by atoms with Gasteiger partial charge in [-0.2, -0.15) is 28.1 Å². The molecule has 6 N–H and O–H groups in total. The lowest BCUT2D eigenvalue weighted by atomic mass is 10.0. The summed E-state index contributed by atoms with van der Waals surface area (Å²) in [5.74, 6) is 1.35. The quantitative estimate of drug-likeness (QED) is 0.0274. The molecule has 44 heteroatoms. The SMILES string of the molecule is CCc1cccc(-n2nn[nH]c2=O)c1COc1cc(F)c(C)cc1C.Cc1cc(C)c(OCc2c(Br)cccc2-n2nn[nH]c2=O)cc1F.Cc1cc(C)c(OCc2c(C)cccc2-n2nn[nH]c2=O)cc1F.Cc1cc(C)c(OCc2c(C)cccc2-n2nn[nH]c2=O)cc1F.Cc1cc(C)c(OCc2c(C3CC3)cccc2-n2nn[nH]c2=O)cc1F.Cc1cc(C)c(OCc2c(Cl)cccc2-n2nn[nH]c2=O)cc1F. The molecule has 19 rings (SSSR count). The average Bonchev–Trinajstić information content (AvgIpc) is 1.86. The summed E-state index contributed by atoms with van der Waals surface area (Å²) in [6.07, 6.45) is 2.99. The first kappa shape index (κ1) is 106. The molecule has 6 aromatic heterocycles. The number of ether oxygens (including phenoxy) is 6. The Kier molecular flexibility index (Phi) is 34.2. The molecule has 12 aromatic carbocycles. The molecule has 0 bridgehead atoms. The van der Waals surface area contributed by atoms with Gasteiger partial charge in [-0.3, -0.25) is 0 Å². The monoisotopic (exact) mass is 2090 g/mol. The molecule has 6 heterocycles. The minimum absolute atomic E-state index is 0.0532. The summed E-state index contributed by atoms with van der Waals surface area (Å²) in [7, 11) is 0. The molecule has 0 spiro atoms. The van der Waals surface area contributed by atoms with Crippen molar-refractivity contribution in [3.63, 3.8) is 0 Å². The Bertz CT molecular complexity index is 7600. The number of rotatable bonds is 26. The molecule has 18 aromatic rings. The fraction of sp³-hybridized carbons (Fsp3) is 0.243. The van der Waals surface area contributed by atoms with Crippen LogP contribution in [0.15, 0.2) is 215 Å². The van der Waals surface area contributed by atoms with Crippen molar-refractivity contribution in [2.75, 3.05) is 0 Å². The molecule has 760 valence electrons. The molecule has 0 amide bonds. The van der Waals surface area contributed by atoms with Crippen LogP contribution in [0.25, 0.3) is 34.1 Å². The number of aromatic amines is 6. The van der Waals surface area contributed by atoms with Gasteiger partial charge in [0, 0.05) is 79.3 Å². The van der Waals surface area contributed by atoms with E-state index in [-0.39, 0.29) is 74.5 Å². The van der Waals surface area contributed by atoms with Crippen molar-refractivity contribution in [1.82, 2.24) is 121 Å². The number of aryl methyl sites for hydroxylation is 15. The van der Waals surface area contributed by atoms with E-state index in [1.54, 1.807) is 126 Å². The fourth-order valence-electron chi connectivity index (χ4n) is 15.8. The van der Waals surface area contributed by atoms with Crippen LogP contribution in [0, 0.1) is 132 Å². The molecule has 1 fully saturated rings. The number of nitrogens with zero attached hydrogens (tertiary/aromatic N) is 18. The van der Waals surface area contributed by atoms with Gasteiger partial charge in [0.25, 0.3) is 0 Å². The smallest absolute Gasteiger partial charge is 0.365 e. The number of hydrogen-bond donors (Lipinski definition) is 6. The fourth-order valence-corrected chi connectivity index (χ4v) is 16.5. The predicted octanol–water partition coefficient (Wildman–Crippen LogP) is 17.2. The molecular weight excluding hydrogens is 1990 g/mol. The van der Waals surface area contributed by atoms with Crippen LogP contribution in [0.5, 0.6) is 34.5 Å². The molecular formula is C103H100BrClF6N24O12. The maximum absolute atomic E-state index is 13.9. The van der Waals surface area contributed by atoms with Gasteiger partial charge in [0.15, 0.2) is 0 Å². The molecule has 0 radical (unpaired) electrons. The van der Waals surface area contributed by atoms with E-state index in [1.165, 1.54) is 55.1 Å². The third-order valence-corrected chi connectivity index (χ3v) is 25.1. The van der Waals surface area contributed by atoms with Crippen molar-refractivity contribution in [3.05, 3.63) is 412 Å². The molecule has 1 saturated carbocycles. The van der Waals surface area contributed by atoms with E-state index in [0.717, 1.165) is 111 Å². The van der Waals surface area contributed by atoms with Gasteiger partial charge < -0.3 is 28.4 Å². The van der Waals surface area contributed by atoms with E-state index in [4.69, 9.17) is 40.0 Å². The Morgan fingerprint density at radius 2 is 0.517 bits per heavy atom. The highest BCUT2D eigenvalue weighted by Gasteiger charge is 2.30. The number of benzene rings is 12. The van der Waals surface area contributed by atoms with Crippen molar-refractivity contribution >= 4 is 27.5 Å². The lowest BCUT2D eigenvalue weighted by molar-refractivity contribution is 0.300. The van der Waals surface area contributed by atoms with Crippen LogP contribution in [0.3, 0.4) is 0 Å². The average molecular weight is 2100 g/mol. The van der Waals surface area contributed by atoms with Gasteiger partial charge in [-0.05, 0) is 359 Å². The van der Waals surface area contributed by atoms with E-state index in [0.29, 0.717) is 124 Å². The Labute approximate surface area is 847 Å². The van der Waals surface area contributed by atoms with Crippen LogP contribution < -0.4 is 62.6 Å². The van der Waals surface area contributed by atoms with Crippen molar-refractivity contribution in [2.45, 2.75) is 169 Å². The van der Waals surface area contributed by atoms with Gasteiger partial charge in [-0.25, -0.2) is 85.7 Å². The maximum atomic E-state index is 13.9. The van der Waals surface area contributed by atoms with Crippen molar-refractivity contribution in [2.24, 2.45) is 0 Å². The molecule has 36 nitrogen and oxygen atoms in total. The molecule has 1 aliphatic rings. The van der Waals surface area contributed by atoms with Gasteiger partial charge in [0.05, 0.1) is 34.1 Å². The van der Waals surface area contributed by atoms with Gasteiger partial charge in [-0.1, -0.05) is 95.1 Å². The standard InChI is InChI=1S/C19H19FN4O2.C18H19FN4O2.2C17H17FN4O2.C16H14BrFN4O2.C16H14ClFN4O2/c1-11-8-12(2)18(9-16(11)20)26-10-15-14(13-6-7-13)4-3-5-17(15)24-19(25)21-22-23-24;1-4-13-6-5-7-16(23-18(24)20-21-22-23)14(13)10-25-17-9-15(19)11(2)8-12(17)3;2*1-10-5-4-6-15(22-17(23)19-20-21-22)13(10)9-24-16-8-14(18)11(2)7-12(16)3;2*1-9-6-10(2)15(7-13(9)18)24-8-11-12(17)4-3-5-14(11)22-16(23)19-20-21-22/h3-5,8-9,13H,6-7,10H2,1-2H3,(H,21,23,25);5-9H,4,10H2,1-3H3,(H,20,22,24);2*4-8H,9H2,1-3H3,(H,19,21,23);2*3-7H,8H2,1-2H3,(H,19,21,23). The van der Waals surface area contributed by atoms with Gasteiger partial charge in [0.2, 0.25) is 0 Å². The van der Waals surface area contributed by atoms with Crippen LogP contribution in [0.2, 0.25) is 5.02 Å². The van der Waals surface area contributed by atoms with Crippen LogP contribution in [-0.4, -0.2) is 121 Å². The van der Waals surface area contributed by atoms with Crippen molar-refractivity contribution in [3.8, 4) is 68.6 Å². The topological polar surface area (TPSA) is 437 Å². The van der Waals surface area contributed by atoms with Crippen LogP contribution in [0.4, 0.5) is 26.3 Å². The number of halogens is 8. The highest BCUT2D eigenvalue weighted by atomic mass is 79.9. The largest absolute Gasteiger partial charge is 0.488 e. The predicted molar refractivity (Wildman–Crippen MR) is 537 cm³/mol. The van der Waals surface area contributed by atoms with Gasteiger partial charge in [-0.15, -0.1) is 0 Å². The second-order valence-corrected chi connectivity index (χ2v) is 35.7. The molecule has 0 saturated heterocycles. The minimum atomic E-state index is -0.490. The van der Waals surface area contributed by atoms with Crippen molar-refractivity contribution < 1.29 is 54.8 Å². The van der Waals surface area contributed by atoms with E-state index in [2.05, 4.69) is 109 Å². The lowest BCUT2D eigenvalue weighted by Crippen LogP contribution is -2.19. The Morgan fingerprint density at radius 3 is 0.803 bits per heavy atom. The summed E-state index contributed by atoms with van der Waals surface area (Å²) in [4.78, 5) is 70.9. The molecule has 0 unspecified atom stereocenters. The summed E-state index contributed by atoms with van der Waals surface area (Å²) in [5.41, 5.74) is 17.8. The van der Waals surface area contributed by atoms with Crippen molar-refractivity contribution in [1.29, 1.82) is 0 Å². The highest BCUT2D eigenvalue weighted by molar-refractivity contribution is 9.10. The Hall–Kier alpha value is -17.0. The maximum Gasteiger partial charge on any atom is 0.365 e. The highest BCUT2D eigenvalue weighted by Crippen LogP contribution is 2.44. The molecule has 147 heavy (non-hydrogen) atoms. The van der Waals surface area contributed by atoms with Gasteiger partial charge in [0.1, 0.15) is 109 Å². The number of nitrogens with one attached hydrogen (secondary N) is 6. The zero-order valence-corrected chi connectivity index (χ0v) is 84.6. The normalized spacial score (nSPS) is 11.4. The minimum Gasteiger partial charge on any atom is -0.488 e. The second kappa shape index (κ2) is 47.5. The number of hydrogen-bond acceptors (Lipinski definition) is 24. The van der Waals surface area contributed by atoms with Crippen LogP contribution in [0.1, 0.15) is 148 Å². The second-order valence-electron chi connectivity index (χ2n) is 34.5. The first-order valence-electron chi connectivity index (χ1n) is 45.8. The van der Waals surface area contributed by atoms with E-state index in [1.807, 2.05) is 123 Å².